The summed E-state index contributed by atoms with van der Waals surface area (Å²) in [5.41, 5.74) is 0. The maximum atomic E-state index is 14.1. The molecule has 52 heavy (non-hydrogen) atoms. The molecule has 5 N–H and O–H groups in total. The predicted octanol–water partition coefficient (Wildman–Crippen LogP) is 2.00. The zero-order chi connectivity index (χ0) is 38.7. The van der Waals surface area contributed by atoms with E-state index in [1.54, 1.807) is 4.90 Å². The first kappa shape index (κ1) is 42.7. The summed E-state index contributed by atoms with van der Waals surface area (Å²) in [7, 11) is 0. The van der Waals surface area contributed by atoms with Crippen molar-refractivity contribution in [2.75, 3.05) is 19.6 Å². The summed E-state index contributed by atoms with van der Waals surface area (Å²) >= 11 is 0. The van der Waals surface area contributed by atoms with Crippen LogP contribution >= 0.6 is 0 Å². The van der Waals surface area contributed by atoms with Crippen LogP contribution in [0.2, 0.25) is 0 Å². The molecule has 14 nitrogen and oxygen atoms in total. The summed E-state index contributed by atoms with van der Waals surface area (Å²) < 4.78 is 0. The summed E-state index contributed by atoms with van der Waals surface area (Å²) in [6, 6.07) is -6.03. The molecular formula is C38H65N7O7. The fourth-order valence-corrected chi connectivity index (χ4v) is 7.32. The molecule has 1 unspecified atom stereocenters. The Labute approximate surface area is 310 Å². The number of fused-ring (bicyclic) bond motifs is 1. The van der Waals surface area contributed by atoms with Gasteiger partial charge in [-0.3, -0.25) is 33.6 Å². The van der Waals surface area contributed by atoms with Crippen LogP contribution in [-0.2, 0) is 33.6 Å². The predicted molar refractivity (Wildman–Crippen MR) is 197 cm³/mol. The summed E-state index contributed by atoms with van der Waals surface area (Å²) in [5.74, 6) is -3.27. The molecule has 3 heterocycles. The molecule has 0 aromatic heterocycles. The van der Waals surface area contributed by atoms with E-state index < -0.39 is 65.8 Å². The number of hydrogen-bond donors (Lipinski definition) is 5. The lowest BCUT2D eigenvalue weighted by Crippen LogP contribution is -2.61. The van der Waals surface area contributed by atoms with Crippen molar-refractivity contribution in [1.82, 2.24) is 36.4 Å². The molecule has 0 aromatic rings. The minimum Gasteiger partial charge on any atom is -0.343 e. The Balaban J connectivity index is 2.06. The van der Waals surface area contributed by atoms with Crippen LogP contribution in [0.3, 0.4) is 0 Å². The number of amides is 7. The molecule has 3 rings (SSSR count). The highest BCUT2D eigenvalue weighted by atomic mass is 16.2. The fourth-order valence-electron chi connectivity index (χ4n) is 7.32. The molecule has 3 aliphatic heterocycles. The molecule has 6 atom stereocenters. The fraction of sp³-hybridized carbons (Fsp3) is 0.816. The zero-order valence-corrected chi connectivity index (χ0v) is 32.7. The number of rotatable bonds is 11. The lowest BCUT2D eigenvalue weighted by atomic mass is 9.98. The second-order valence-corrected chi connectivity index (χ2v) is 16.6. The molecule has 3 aliphatic rings. The van der Waals surface area contributed by atoms with Crippen LogP contribution in [0.5, 0.6) is 0 Å². The molecule has 0 saturated carbocycles. The van der Waals surface area contributed by atoms with Gasteiger partial charge in [0.15, 0.2) is 0 Å². The molecule has 14 heteroatoms. The molecule has 3 saturated heterocycles. The third-order valence-corrected chi connectivity index (χ3v) is 9.92. The van der Waals surface area contributed by atoms with E-state index in [0.717, 1.165) is 12.8 Å². The van der Waals surface area contributed by atoms with Crippen LogP contribution < -0.4 is 26.6 Å². The van der Waals surface area contributed by atoms with E-state index in [1.807, 2.05) is 55.4 Å². The van der Waals surface area contributed by atoms with E-state index in [9.17, 15) is 33.6 Å². The van der Waals surface area contributed by atoms with Gasteiger partial charge < -0.3 is 36.4 Å². The van der Waals surface area contributed by atoms with Crippen LogP contribution in [0.4, 0.5) is 0 Å². The van der Waals surface area contributed by atoms with Crippen molar-refractivity contribution in [3.05, 3.63) is 0 Å². The third kappa shape index (κ3) is 12.8. The van der Waals surface area contributed by atoms with Crippen LogP contribution in [-0.4, -0.2) is 107 Å². The Kier molecular flexibility index (Phi) is 16.4. The van der Waals surface area contributed by atoms with Gasteiger partial charge in [0.1, 0.15) is 36.3 Å². The highest BCUT2D eigenvalue weighted by Crippen LogP contribution is 2.22. The van der Waals surface area contributed by atoms with Crippen molar-refractivity contribution in [2.24, 2.45) is 23.7 Å². The molecule has 7 amide bonds. The van der Waals surface area contributed by atoms with Crippen LogP contribution in [0.15, 0.2) is 0 Å². The van der Waals surface area contributed by atoms with Gasteiger partial charge >= 0.3 is 0 Å². The van der Waals surface area contributed by atoms with Crippen molar-refractivity contribution < 1.29 is 33.6 Å². The summed E-state index contributed by atoms with van der Waals surface area (Å²) in [6.07, 6.45) is 3.91. The SMILES string of the molecule is CC(C)C[C@@H]1NC(=O)[C@@H](CC(C)C)NC(=O)C(CCC(=O)N2CCCC2)NC(=O)[C@@H](CC(C)C)NC(=O)[C@@H](CC(C)C)NC(=O)[C@H]2CCCN2C1=O. The Morgan fingerprint density at radius 1 is 0.538 bits per heavy atom. The maximum absolute atomic E-state index is 14.1. The Morgan fingerprint density at radius 3 is 1.38 bits per heavy atom. The molecule has 0 spiro atoms. The average Bonchev–Trinajstić information content (AvgIpc) is 3.77. The number of nitrogens with one attached hydrogen (secondary N) is 5. The van der Waals surface area contributed by atoms with E-state index in [2.05, 4.69) is 26.6 Å². The number of nitrogens with zero attached hydrogens (tertiary/aromatic N) is 2. The topological polar surface area (TPSA) is 186 Å². The number of carbonyl (C=O) groups excluding carboxylic acids is 7. The smallest absolute Gasteiger partial charge is 0.245 e. The first-order valence-corrected chi connectivity index (χ1v) is 19.6. The highest BCUT2D eigenvalue weighted by Gasteiger charge is 2.41. The first-order chi connectivity index (χ1) is 24.5. The van der Waals surface area contributed by atoms with Gasteiger partial charge in [0.25, 0.3) is 0 Å². The number of likely N-dealkylation sites (tertiary alicyclic amines) is 1. The molecule has 0 aromatic carbocycles. The average molecular weight is 732 g/mol. The van der Waals surface area contributed by atoms with Gasteiger partial charge in [0, 0.05) is 26.1 Å². The van der Waals surface area contributed by atoms with Gasteiger partial charge in [-0.05, 0) is 81.5 Å². The van der Waals surface area contributed by atoms with Gasteiger partial charge in [-0.25, -0.2) is 0 Å². The molecule has 0 bridgehead atoms. The van der Waals surface area contributed by atoms with Crippen molar-refractivity contribution in [1.29, 1.82) is 0 Å². The lowest BCUT2D eigenvalue weighted by Gasteiger charge is -2.32. The standard InChI is InChI=1S/C38H65N7O7/c1-22(2)18-27-34(48)39-26(13-14-32(46)44-15-9-10-16-44)33(47)40-28(19-23(3)4)36(50)43-30(21-25(7)8)38(52)45-17-11-12-31(45)37(51)42-29(20-24(5)6)35(49)41-27/h22-31H,9-21H2,1-8H3,(H,39,48)(H,40,47)(H,41,49)(H,42,51)(H,43,50)/t26?,27-,28-,29-,30+,31-/m1/s1. The van der Waals surface area contributed by atoms with E-state index in [-0.39, 0.29) is 61.2 Å². The van der Waals surface area contributed by atoms with Crippen molar-refractivity contribution in [3.8, 4) is 0 Å². The first-order valence-electron chi connectivity index (χ1n) is 19.6. The minimum absolute atomic E-state index is 0.00504. The Bertz CT molecular complexity index is 1280. The van der Waals surface area contributed by atoms with Gasteiger partial charge in [0.2, 0.25) is 41.4 Å². The van der Waals surface area contributed by atoms with Crippen LogP contribution in [0.25, 0.3) is 0 Å². The van der Waals surface area contributed by atoms with E-state index in [4.69, 9.17) is 0 Å². The normalized spacial score (nSPS) is 27.3. The summed E-state index contributed by atoms with van der Waals surface area (Å²) in [4.78, 5) is 100. The zero-order valence-electron chi connectivity index (χ0n) is 32.7. The third-order valence-electron chi connectivity index (χ3n) is 9.92. The second kappa shape index (κ2) is 19.9. The van der Waals surface area contributed by atoms with Crippen molar-refractivity contribution >= 4 is 41.4 Å². The minimum atomic E-state index is -1.18. The lowest BCUT2D eigenvalue weighted by molar-refractivity contribution is -0.143. The summed E-state index contributed by atoms with van der Waals surface area (Å²) in [5, 5.41) is 14.3. The Morgan fingerprint density at radius 2 is 0.923 bits per heavy atom. The van der Waals surface area contributed by atoms with Gasteiger partial charge in [-0.15, -0.1) is 0 Å². The van der Waals surface area contributed by atoms with Gasteiger partial charge in [0.05, 0.1) is 0 Å². The molecule has 3 fully saturated rings. The molecule has 0 radical (unpaired) electrons. The van der Waals surface area contributed by atoms with Gasteiger partial charge in [-0.2, -0.15) is 0 Å². The Hall–Kier alpha value is -3.71. The van der Waals surface area contributed by atoms with E-state index in [0.29, 0.717) is 45.3 Å². The second-order valence-electron chi connectivity index (χ2n) is 16.6. The highest BCUT2D eigenvalue weighted by molar-refractivity contribution is 5.98. The van der Waals surface area contributed by atoms with Crippen LogP contribution in [0.1, 0.15) is 120 Å². The van der Waals surface area contributed by atoms with Crippen molar-refractivity contribution in [3.63, 3.8) is 0 Å². The van der Waals surface area contributed by atoms with Crippen molar-refractivity contribution in [2.45, 2.75) is 156 Å². The van der Waals surface area contributed by atoms with Crippen LogP contribution in [0, 0.1) is 23.7 Å². The number of carbonyl (C=O) groups is 7. The molecule has 294 valence electrons. The summed E-state index contributed by atoms with van der Waals surface area (Å²) in [6.45, 7) is 17.0. The molecular weight excluding hydrogens is 666 g/mol. The molecule has 0 aliphatic carbocycles. The van der Waals surface area contributed by atoms with Gasteiger partial charge in [-0.1, -0.05) is 55.4 Å². The van der Waals surface area contributed by atoms with E-state index in [1.165, 1.54) is 4.90 Å². The van der Waals surface area contributed by atoms with E-state index >= 15 is 0 Å². The number of hydrogen-bond acceptors (Lipinski definition) is 7. The quantitative estimate of drug-likeness (QED) is 0.215. The monoisotopic (exact) mass is 731 g/mol. The largest absolute Gasteiger partial charge is 0.343 e. The maximum Gasteiger partial charge on any atom is 0.245 e.